The molecule has 0 unspecified atom stereocenters. The van der Waals surface area contributed by atoms with Crippen LogP contribution in [0.25, 0.3) is 10.2 Å². The maximum atomic E-state index is 10.3. The molecule has 2 rings (SSSR count). The van der Waals surface area contributed by atoms with Crippen LogP contribution in [0.4, 0.5) is 5.13 Å². The van der Waals surface area contributed by atoms with Crippen molar-refractivity contribution < 1.29 is 9.90 Å². The fourth-order valence-electron chi connectivity index (χ4n) is 1.43. The lowest BCUT2D eigenvalue weighted by molar-refractivity contribution is -0.137. The van der Waals surface area contributed by atoms with Gasteiger partial charge in [0.1, 0.15) is 5.52 Å². The van der Waals surface area contributed by atoms with Gasteiger partial charge in [-0.05, 0) is 18.6 Å². The van der Waals surface area contributed by atoms with Crippen molar-refractivity contribution in [2.45, 2.75) is 12.8 Å². The van der Waals surface area contributed by atoms with Gasteiger partial charge < -0.3 is 10.4 Å². The average molecular weight is 271 g/mol. The summed E-state index contributed by atoms with van der Waals surface area (Å²) in [6.45, 7) is 0.601. The first-order chi connectivity index (χ1) is 8.16. The van der Waals surface area contributed by atoms with Gasteiger partial charge >= 0.3 is 5.97 Å². The van der Waals surface area contributed by atoms with Gasteiger partial charge in [0.25, 0.3) is 0 Å². The van der Waals surface area contributed by atoms with Gasteiger partial charge in [-0.2, -0.15) is 0 Å². The number of hydrogen-bond donors (Lipinski definition) is 2. The van der Waals surface area contributed by atoms with Crippen molar-refractivity contribution in [3.63, 3.8) is 0 Å². The van der Waals surface area contributed by atoms with Crippen LogP contribution in [0.2, 0.25) is 5.02 Å². The number of carboxylic acid groups (broad SMARTS) is 1. The minimum Gasteiger partial charge on any atom is -0.481 e. The molecule has 0 aliphatic rings. The van der Waals surface area contributed by atoms with Crippen molar-refractivity contribution >= 4 is 44.3 Å². The van der Waals surface area contributed by atoms with Gasteiger partial charge in [0.15, 0.2) is 5.13 Å². The third kappa shape index (κ3) is 3.08. The molecule has 1 heterocycles. The van der Waals surface area contributed by atoms with Gasteiger partial charge in [-0.15, -0.1) is 0 Å². The number of aliphatic carboxylic acids is 1. The van der Waals surface area contributed by atoms with Gasteiger partial charge in [-0.1, -0.05) is 29.0 Å². The van der Waals surface area contributed by atoms with Gasteiger partial charge in [0.2, 0.25) is 0 Å². The normalized spacial score (nSPS) is 10.6. The number of carboxylic acids is 1. The van der Waals surface area contributed by atoms with E-state index < -0.39 is 5.97 Å². The molecule has 17 heavy (non-hydrogen) atoms. The minimum atomic E-state index is -0.779. The first-order valence-electron chi connectivity index (χ1n) is 5.17. The van der Waals surface area contributed by atoms with Crippen LogP contribution in [0.5, 0.6) is 0 Å². The molecule has 0 radical (unpaired) electrons. The van der Waals surface area contributed by atoms with Crippen LogP contribution in [-0.2, 0) is 4.79 Å². The van der Waals surface area contributed by atoms with Gasteiger partial charge in [0.05, 0.1) is 9.72 Å². The molecule has 0 saturated heterocycles. The van der Waals surface area contributed by atoms with E-state index in [0.717, 1.165) is 15.3 Å². The van der Waals surface area contributed by atoms with Crippen molar-refractivity contribution in [2.24, 2.45) is 0 Å². The fraction of sp³-hybridized carbons (Fsp3) is 0.273. The zero-order valence-corrected chi connectivity index (χ0v) is 10.5. The third-order valence-electron chi connectivity index (χ3n) is 2.21. The van der Waals surface area contributed by atoms with Crippen molar-refractivity contribution in [1.29, 1.82) is 0 Å². The molecule has 0 aliphatic heterocycles. The smallest absolute Gasteiger partial charge is 0.303 e. The molecule has 4 nitrogen and oxygen atoms in total. The Kier molecular flexibility index (Phi) is 3.81. The standard InChI is InChI=1S/C11H11ClN2O2S/c12-7-3-1-4-8-10(7)14-11(17-8)13-6-2-5-9(15)16/h1,3-4H,2,5-6H2,(H,13,14)(H,15,16). The molecule has 6 heteroatoms. The Morgan fingerprint density at radius 3 is 3.06 bits per heavy atom. The van der Waals surface area contributed by atoms with Crippen molar-refractivity contribution in [2.75, 3.05) is 11.9 Å². The first kappa shape index (κ1) is 12.1. The van der Waals surface area contributed by atoms with Crippen LogP contribution >= 0.6 is 22.9 Å². The number of thiazole rings is 1. The topological polar surface area (TPSA) is 62.2 Å². The van der Waals surface area contributed by atoms with Crippen molar-refractivity contribution in [3.05, 3.63) is 23.2 Å². The predicted molar refractivity (Wildman–Crippen MR) is 70.0 cm³/mol. The zero-order valence-electron chi connectivity index (χ0n) is 8.94. The molecule has 1 aromatic carbocycles. The highest BCUT2D eigenvalue weighted by Crippen LogP contribution is 2.30. The minimum absolute atomic E-state index is 0.165. The summed E-state index contributed by atoms with van der Waals surface area (Å²) in [5, 5.41) is 13.0. The number of fused-ring (bicyclic) bond motifs is 1. The summed E-state index contributed by atoms with van der Waals surface area (Å²) in [7, 11) is 0. The second-order valence-electron chi connectivity index (χ2n) is 3.53. The third-order valence-corrected chi connectivity index (χ3v) is 3.50. The van der Waals surface area contributed by atoms with E-state index in [1.807, 2.05) is 12.1 Å². The molecule has 90 valence electrons. The molecule has 0 spiro atoms. The highest BCUT2D eigenvalue weighted by atomic mass is 35.5. The molecule has 2 N–H and O–H groups in total. The number of nitrogens with one attached hydrogen (secondary N) is 1. The Balaban J connectivity index is 2.00. The summed E-state index contributed by atoms with van der Waals surface area (Å²) in [6, 6.07) is 5.65. The average Bonchev–Trinajstić information content (AvgIpc) is 2.69. The van der Waals surface area contributed by atoms with Gasteiger partial charge in [-0.3, -0.25) is 4.79 Å². The summed E-state index contributed by atoms with van der Waals surface area (Å²) in [5.41, 5.74) is 0.792. The second-order valence-corrected chi connectivity index (χ2v) is 4.97. The van der Waals surface area contributed by atoms with Crippen LogP contribution in [0.3, 0.4) is 0 Å². The number of anilines is 1. The lowest BCUT2D eigenvalue weighted by Gasteiger charge is -1.99. The number of carbonyl (C=O) groups is 1. The second kappa shape index (κ2) is 5.33. The van der Waals surface area contributed by atoms with Crippen LogP contribution in [0, 0.1) is 0 Å². The summed E-state index contributed by atoms with van der Waals surface area (Å²) in [5.74, 6) is -0.779. The Labute approximate surface area is 107 Å². The van der Waals surface area contributed by atoms with Crippen LogP contribution in [0.1, 0.15) is 12.8 Å². The Bertz CT molecular complexity index is 541. The molecule has 2 aromatic rings. The van der Waals surface area contributed by atoms with Crippen LogP contribution < -0.4 is 5.32 Å². The molecule has 1 aromatic heterocycles. The summed E-state index contributed by atoms with van der Waals surface area (Å²) in [6.07, 6.45) is 0.748. The van der Waals surface area contributed by atoms with E-state index in [2.05, 4.69) is 10.3 Å². The van der Waals surface area contributed by atoms with E-state index in [1.165, 1.54) is 11.3 Å². The van der Waals surface area contributed by atoms with E-state index in [4.69, 9.17) is 16.7 Å². The summed E-state index contributed by atoms with van der Waals surface area (Å²) in [4.78, 5) is 14.7. The lowest BCUT2D eigenvalue weighted by atomic mass is 10.3. The summed E-state index contributed by atoms with van der Waals surface area (Å²) >= 11 is 7.53. The van der Waals surface area contributed by atoms with E-state index in [0.29, 0.717) is 18.0 Å². The highest BCUT2D eigenvalue weighted by Gasteiger charge is 2.06. The Morgan fingerprint density at radius 2 is 2.35 bits per heavy atom. The highest BCUT2D eigenvalue weighted by molar-refractivity contribution is 7.22. The van der Waals surface area contributed by atoms with E-state index >= 15 is 0 Å². The monoisotopic (exact) mass is 270 g/mol. The largest absolute Gasteiger partial charge is 0.481 e. The van der Waals surface area contributed by atoms with E-state index in [1.54, 1.807) is 6.07 Å². The van der Waals surface area contributed by atoms with Crippen molar-refractivity contribution in [1.82, 2.24) is 4.98 Å². The molecule has 0 aliphatic carbocycles. The Morgan fingerprint density at radius 1 is 1.53 bits per heavy atom. The number of rotatable bonds is 5. The van der Waals surface area contributed by atoms with Crippen LogP contribution in [0.15, 0.2) is 18.2 Å². The van der Waals surface area contributed by atoms with Crippen molar-refractivity contribution in [3.8, 4) is 0 Å². The van der Waals surface area contributed by atoms with Crippen LogP contribution in [-0.4, -0.2) is 22.6 Å². The number of para-hydroxylation sites is 1. The molecule has 0 atom stereocenters. The molecular formula is C11H11ClN2O2S. The fourth-order valence-corrected chi connectivity index (χ4v) is 2.62. The first-order valence-corrected chi connectivity index (χ1v) is 6.37. The van der Waals surface area contributed by atoms with E-state index in [-0.39, 0.29) is 6.42 Å². The number of hydrogen-bond acceptors (Lipinski definition) is 4. The molecule has 0 amide bonds. The molecule has 0 saturated carbocycles. The molecule has 0 fully saturated rings. The zero-order chi connectivity index (χ0) is 12.3. The van der Waals surface area contributed by atoms with Gasteiger partial charge in [-0.25, -0.2) is 4.98 Å². The molecular weight excluding hydrogens is 260 g/mol. The quantitative estimate of drug-likeness (QED) is 0.819. The lowest BCUT2D eigenvalue weighted by Crippen LogP contribution is -2.04. The maximum absolute atomic E-state index is 10.3. The molecule has 0 bridgehead atoms. The number of nitrogens with zero attached hydrogens (tertiary/aromatic N) is 1. The van der Waals surface area contributed by atoms with Gasteiger partial charge in [0, 0.05) is 13.0 Å². The summed E-state index contributed by atoms with van der Waals surface area (Å²) < 4.78 is 1.03. The number of halogens is 1. The maximum Gasteiger partial charge on any atom is 0.303 e. The van der Waals surface area contributed by atoms with E-state index in [9.17, 15) is 4.79 Å². The number of benzene rings is 1. The number of aromatic nitrogens is 1. The Hall–Kier alpha value is -1.33. The predicted octanol–water partition coefficient (Wildman–Crippen LogP) is 3.23. The SMILES string of the molecule is O=C(O)CCCNc1nc2c(Cl)cccc2s1.